The first-order valence-electron chi connectivity index (χ1n) is 8.82. The maximum Gasteiger partial charge on any atom is 0.306 e. The van der Waals surface area contributed by atoms with E-state index in [0.29, 0.717) is 12.1 Å². The van der Waals surface area contributed by atoms with Crippen LogP contribution in [0.25, 0.3) is 0 Å². The van der Waals surface area contributed by atoms with Gasteiger partial charge in [0.05, 0.1) is 6.42 Å². The second-order valence-electron chi connectivity index (χ2n) is 6.43. The van der Waals surface area contributed by atoms with Gasteiger partial charge in [-0.05, 0) is 42.0 Å². The summed E-state index contributed by atoms with van der Waals surface area (Å²) in [5.74, 6) is -1.78. The molecule has 1 amide bonds. The van der Waals surface area contributed by atoms with E-state index in [1.807, 2.05) is 43.3 Å². The van der Waals surface area contributed by atoms with E-state index in [4.69, 9.17) is 4.74 Å². The van der Waals surface area contributed by atoms with Crippen molar-refractivity contribution in [1.29, 1.82) is 0 Å². The van der Waals surface area contributed by atoms with E-state index in [-0.39, 0.29) is 18.6 Å². The average Bonchev–Trinajstić information content (AvgIpc) is 2.69. The monoisotopic (exact) mass is 386 g/mol. The van der Waals surface area contributed by atoms with Gasteiger partial charge in [-0.1, -0.05) is 12.1 Å². The van der Waals surface area contributed by atoms with Crippen molar-refractivity contribution < 1.29 is 23.5 Å². The maximum absolute atomic E-state index is 12.8. The summed E-state index contributed by atoms with van der Waals surface area (Å²) in [6.45, 7) is -0.0769. The van der Waals surface area contributed by atoms with Crippen molar-refractivity contribution in [3.05, 3.63) is 65.5 Å². The highest BCUT2D eigenvalue weighted by atomic mass is 19.1. The number of rotatable bonds is 9. The molecule has 0 fully saturated rings. The van der Waals surface area contributed by atoms with Gasteiger partial charge in [-0.15, -0.1) is 0 Å². The number of hydrogen-bond donors (Lipinski definition) is 1. The van der Waals surface area contributed by atoms with E-state index in [1.165, 1.54) is 24.3 Å². The summed E-state index contributed by atoms with van der Waals surface area (Å²) in [5, 5.41) is 2.67. The highest BCUT2D eigenvalue weighted by Crippen LogP contribution is 2.12. The molecule has 0 saturated carbocycles. The molecule has 0 aromatic heterocycles. The largest absolute Gasteiger partial charge is 0.456 e. The minimum Gasteiger partial charge on any atom is -0.456 e. The Morgan fingerprint density at radius 1 is 0.964 bits per heavy atom. The molecule has 28 heavy (non-hydrogen) atoms. The topological polar surface area (TPSA) is 75.7 Å². The molecule has 148 valence electrons. The Labute approximate surface area is 163 Å². The quantitative estimate of drug-likeness (QED) is 0.530. The highest BCUT2D eigenvalue weighted by molar-refractivity contribution is 5.97. The summed E-state index contributed by atoms with van der Waals surface area (Å²) in [5.41, 5.74) is 2.31. The molecule has 0 saturated heterocycles. The summed E-state index contributed by atoms with van der Waals surface area (Å²) in [6, 6.07) is 12.8. The third-order valence-corrected chi connectivity index (χ3v) is 4.03. The summed E-state index contributed by atoms with van der Waals surface area (Å²) in [7, 11) is 3.89. The predicted molar refractivity (Wildman–Crippen MR) is 104 cm³/mol. The van der Waals surface area contributed by atoms with E-state index in [1.54, 1.807) is 0 Å². The molecule has 6 nitrogen and oxygen atoms in total. The molecule has 0 aliphatic carbocycles. The molecule has 0 unspecified atom stereocenters. The first kappa shape index (κ1) is 21.1. The normalized spacial score (nSPS) is 10.2. The summed E-state index contributed by atoms with van der Waals surface area (Å²) in [4.78, 5) is 37.4. The van der Waals surface area contributed by atoms with Crippen LogP contribution in [-0.4, -0.2) is 38.4 Å². The van der Waals surface area contributed by atoms with Crippen molar-refractivity contribution in [2.24, 2.45) is 0 Å². The third-order valence-electron chi connectivity index (χ3n) is 4.03. The summed E-state index contributed by atoms with van der Waals surface area (Å²) < 4.78 is 17.7. The average molecular weight is 386 g/mol. The van der Waals surface area contributed by atoms with Gasteiger partial charge in [0.25, 0.3) is 5.91 Å². The van der Waals surface area contributed by atoms with Crippen LogP contribution in [0.3, 0.4) is 0 Å². The predicted octanol–water partition coefficient (Wildman–Crippen LogP) is 2.71. The molecule has 2 aromatic carbocycles. The number of carbonyl (C=O) groups excluding carboxylic acids is 3. The van der Waals surface area contributed by atoms with Gasteiger partial charge in [0.1, 0.15) is 5.82 Å². The second-order valence-corrected chi connectivity index (χ2v) is 6.43. The number of anilines is 1. The smallest absolute Gasteiger partial charge is 0.306 e. The molecular weight excluding hydrogens is 363 g/mol. The Morgan fingerprint density at radius 3 is 2.21 bits per heavy atom. The number of ether oxygens (including phenoxy) is 1. The molecule has 2 rings (SSSR count). The molecule has 0 radical (unpaired) electrons. The van der Waals surface area contributed by atoms with Crippen LogP contribution in [0.4, 0.5) is 10.1 Å². The molecule has 0 spiro atoms. The van der Waals surface area contributed by atoms with Gasteiger partial charge in [-0.3, -0.25) is 14.4 Å². The molecular formula is C21H23FN2O4. The van der Waals surface area contributed by atoms with Crippen LogP contribution in [0.1, 0.15) is 28.8 Å². The number of Topliss-reactive ketones (excluding diaryl/α,β-unsaturated/α-hetero) is 1. The fraction of sp³-hybridized carbons (Fsp3) is 0.286. The summed E-state index contributed by atoms with van der Waals surface area (Å²) in [6.07, 6.45) is -0.209. The van der Waals surface area contributed by atoms with Crippen LogP contribution in [0.5, 0.6) is 0 Å². The molecule has 7 heteroatoms. The van der Waals surface area contributed by atoms with Gasteiger partial charge in [-0.2, -0.15) is 0 Å². The lowest BCUT2D eigenvalue weighted by atomic mass is 10.1. The molecule has 0 atom stereocenters. The van der Waals surface area contributed by atoms with Crippen LogP contribution in [0.15, 0.2) is 48.5 Å². The van der Waals surface area contributed by atoms with Crippen LogP contribution < -0.4 is 10.2 Å². The van der Waals surface area contributed by atoms with Crippen LogP contribution in [0.2, 0.25) is 0 Å². The van der Waals surface area contributed by atoms with Crippen molar-refractivity contribution in [1.82, 2.24) is 5.32 Å². The lowest BCUT2D eigenvalue weighted by Crippen LogP contribution is -2.28. The molecule has 0 bridgehead atoms. The lowest BCUT2D eigenvalue weighted by Gasteiger charge is -2.13. The van der Waals surface area contributed by atoms with Crippen LogP contribution in [0, 0.1) is 5.82 Å². The zero-order chi connectivity index (χ0) is 20.5. The van der Waals surface area contributed by atoms with E-state index < -0.39 is 24.3 Å². The van der Waals surface area contributed by atoms with E-state index in [9.17, 15) is 18.8 Å². The maximum atomic E-state index is 12.8. The Hall–Kier alpha value is -3.22. The van der Waals surface area contributed by atoms with Crippen molar-refractivity contribution in [2.75, 3.05) is 25.6 Å². The van der Waals surface area contributed by atoms with Crippen molar-refractivity contribution in [3.63, 3.8) is 0 Å². The lowest BCUT2D eigenvalue weighted by molar-refractivity contribution is -0.148. The Kier molecular flexibility index (Phi) is 7.68. The van der Waals surface area contributed by atoms with Crippen LogP contribution >= 0.6 is 0 Å². The second kappa shape index (κ2) is 10.2. The molecule has 2 aromatic rings. The number of nitrogens with one attached hydrogen (secondary N) is 1. The number of esters is 1. The number of hydrogen-bond acceptors (Lipinski definition) is 5. The Morgan fingerprint density at radius 2 is 1.61 bits per heavy atom. The van der Waals surface area contributed by atoms with Crippen molar-refractivity contribution >= 4 is 23.3 Å². The first-order chi connectivity index (χ1) is 13.3. The standard InChI is InChI=1S/C21H23FN2O4/c1-24(2)18-9-3-15(4-10-18)13-23-20(26)14-28-21(27)12-11-19(25)16-5-7-17(22)8-6-16/h3-10H,11-14H2,1-2H3,(H,23,26). The fourth-order valence-electron chi connectivity index (χ4n) is 2.38. The number of benzene rings is 2. The van der Waals surface area contributed by atoms with Crippen LogP contribution in [-0.2, 0) is 20.9 Å². The molecule has 1 N–H and O–H groups in total. The van der Waals surface area contributed by atoms with Gasteiger partial charge >= 0.3 is 5.97 Å². The molecule has 0 aliphatic rings. The minimum absolute atomic E-state index is 0.0652. The van der Waals surface area contributed by atoms with Gasteiger partial charge in [0.2, 0.25) is 0 Å². The Bertz CT molecular complexity index is 817. The number of ketones is 1. The Balaban J connectivity index is 1.66. The number of amides is 1. The van der Waals surface area contributed by atoms with Gasteiger partial charge in [-0.25, -0.2) is 4.39 Å². The highest BCUT2D eigenvalue weighted by Gasteiger charge is 2.12. The minimum atomic E-state index is -0.638. The van der Waals surface area contributed by atoms with Gasteiger partial charge < -0.3 is 15.0 Å². The zero-order valence-corrected chi connectivity index (χ0v) is 15.9. The van der Waals surface area contributed by atoms with Crippen molar-refractivity contribution in [3.8, 4) is 0 Å². The SMILES string of the molecule is CN(C)c1ccc(CNC(=O)COC(=O)CCC(=O)c2ccc(F)cc2)cc1. The first-order valence-corrected chi connectivity index (χ1v) is 8.82. The molecule has 0 heterocycles. The van der Waals surface area contributed by atoms with Gasteiger partial charge in [0.15, 0.2) is 12.4 Å². The third kappa shape index (κ3) is 6.83. The zero-order valence-electron chi connectivity index (χ0n) is 15.9. The van der Waals surface area contributed by atoms with E-state index >= 15 is 0 Å². The number of halogens is 1. The summed E-state index contributed by atoms with van der Waals surface area (Å²) >= 11 is 0. The molecule has 0 aliphatic heterocycles. The fourth-order valence-corrected chi connectivity index (χ4v) is 2.38. The van der Waals surface area contributed by atoms with E-state index in [2.05, 4.69) is 5.32 Å². The number of nitrogens with zero attached hydrogens (tertiary/aromatic N) is 1. The number of carbonyl (C=O) groups is 3. The van der Waals surface area contributed by atoms with Crippen molar-refractivity contribution in [2.45, 2.75) is 19.4 Å². The van der Waals surface area contributed by atoms with E-state index in [0.717, 1.165) is 11.3 Å². The van der Waals surface area contributed by atoms with Gasteiger partial charge in [0, 0.05) is 38.3 Å².